The topological polar surface area (TPSA) is 105 Å². The van der Waals surface area contributed by atoms with Crippen molar-refractivity contribution in [1.29, 1.82) is 0 Å². The normalized spacial score (nSPS) is 15.9. The predicted molar refractivity (Wildman–Crippen MR) is 127 cm³/mol. The third kappa shape index (κ3) is 4.83. The standard InChI is InChI=1S/C25H26N6O2/c1-15(2)31-23-22(14-28-31)20(12-19(30-23)6-5-18-7-9-26-10-8-18)24(32)27-13-21-16(3)11-17(4)29-25(21)33/h7-10,12,14-15,25,33H,11,13H2,1-4H3,(H,27,32). The summed E-state index contributed by atoms with van der Waals surface area (Å²) in [6.45, 7) is 8.06. The number of hydrogen-bond donors (Lipinski definition) is 2. The number of hydrogen-bond acceptors (Lipinski definition) is 6. The first-order chi connectivity index (χ1) is 15.8. The number of allylic oxidation sites excluding steroid dienone is 1. The number of dihydropyridines is 1. The number of aromatic nitrogens is 4. The lowest BCUT2D eigenvalue weighted by Gasteiger charge is -2.21. The molecule has 0 saturated heterocycles. The van der Waals surface area contributed by atoms with Crippen LogP contribution in [0.5, 0.6) is 0 Å². The monoisotopic (exact) mass is 442 g/mol. The number of nitrogens with zero attached hydrogens (tertiary/aromatic N) is 5. The van der Waals surface area contributed by atoms with E-state index >= 15 is 0 Å². The van der Waals surface area contributed by atoms with Gasteiger partial charge in [-0.05, 0) is 57.4 Å². The van der Waals surface area contributed by atoms with E-state index in [2.05, 4.69) is 37.2 Å². The number of rotatable bonds is 4. The Kier molecular flexibility index (Phi) is 6.33. The van der Waals surface area contributed by atoms with Crippen molar-refractivity contribution in [1.82, 2.24) is 25.1 Å². The molecule has 33 heavy (non-hydrogen) atoms. The summed E-state index contributed by atoms with van der Waals surface area (Å²) in [5.74, 6) is 5.83. The Bertz CT molecular complexity index is 1330. The maximum atomic E-state index is 13.2. The summed E-state index contributed by atoms with van der Waals surface area (Å²) in [4.78, 5) is 26.1. The molecule has 1 aliphatic rings. The molecule has 0 radical (unpaired) electrons. The molecule has 0 fully saturated rings. The van der Waals surface area contributed by atoms with Crippen molar-refractivity contribution in [2.45, 2.75) is 46.4 Å². The number of carbonyl (C=O) groups excluding carboxylic acids is 1. The van der Waals surface area contributed by atoms with Gasteiger partial charge in [0.25, 0.3) is 5.91 Å². The number of pyridine rings is 2. The zero-order valence-corrected chi connectivity index (χ0v) is 19.1. The minimum atomic E-state index is -0.929. The van der Waals surface area contributed by atoms with Gasteiger partial charge in [-0.3, -0.25) is 14.8 Å². The largest absolute Gasteiger partial charge is 0.368 e. The summed E-state index contributed by atoms with van der Waals surface area (Å²) < 4.78 is 1.78. The Morgan fingerprint density at radius 3 is 2.73 bits per heavy atom. The lowest BCUT2D eigenvalue weighted by Crippen LogP contribution is -2.31. The molecular formula is C25H26N6O2. The molecule has 0 spiro atoms. The average molecular weight is 443 g/mol. The Morgan fingerprint density at radius 1 is 1.27 bits per heavy atom. The van der Waals surface area contributed by atoms with E-state index in [1.807, 2.05) is 39.8 Å². The second-order valence-electron chi connectivity index (χ2n) is 8.36. The Morgan fingerprint density at radius 2 is 2.03 bits per heavy atom. The molecule has 0 aliphatic carbocycles. The molecule has 1 unspecified atom stereocenters. The maximum absolute atomic E-state index is 13.2. The van der Waals surface area contributed by atoms with Gasteiger partial charge in [-0.25, -0.2) is 9.67 Å². The van der Waals surface area contributed by atoms with Crippen LogP contribution in [0.3, 0.4) is 0 Å². The molecule has 1 atom stereocenters. The van der Waals surface area contributed by atoms with Gasteiger partial charge in [0.15, 0.2) is 11.9 Å². The van der Waals surface area contributed by atoms with Crippen molar-refractivity contribution in [3.05, 3.63) is 64.8 Å². The smallest absolute Gasteiger partial charge is 0.252 e. The van der Waals surface area contributed by atoms with Gasteiger partial charge in [-0.15, -0.1) is 0 Å². The van der Waals surface area contributed by atoms with Gasteiger partial charge in [0, 0.05) is 42.7 Å². The van der Waals surface area contributed by atoms with E-state index in [-0.39, 0.29) is 18.5 Å². The fourth-order valence-electron chi connectivity index (χ4n) is 3.78. The number of aliphatic imine (C=N–C) groups is 1. The van der Waals surface area contributed by atoms with E-state index in [4.69, 9.17) is 0 Å². The fourth-order valence-corrected chi connectivity index (χ4v) is 3.78. The van der Waals surface area contributed by atoms with Gasteiger partial charge in [-0.2, -0.15) is 5.10 Å². The second-order valence-corrected chi connectivity index (χ2v) is 8.36. The van der Waals surface area contributed by atoms with Crippen molar-refractivity contribution < 1.29 is 9.90 Å². The van der Waals surface area contributed by atoms with Gasteiger partial charge in [-0.1, -0.05) is 11.5 Å². The molecular weight excluding hydrogens is 416 g/mol. The molecule has 0 bridgehead atoms. The lowest BCUT2D eigenvalue weighted by atomic mass is 9.99. The van der Waals surface area contributed by atoms with Gasteiger partial charge in [0.05, 0.1) is 17.1 Å². The molecule has 0 saturated carbocycles. The zero-order chi connectivity index (χ0) is 23.5. The number of nitrogens with one attached hydrogen (secondary N) is 1. The lowest BCUT2D eigenvalue weighted by molar-refractivity contribution is 0.0955. The molecule has 1 amide bonds. The summed E-state index contributed by atoms with van der Waals surface area (Å²) in [5, 5.41) is 18.3. The minimum Gasteiger partial charge on any atom is -0.368 e. The van der Waals surface area contributed by atoms with Crippen LogP contribution in [0.2, 0.25) is 0 Å². The number of carbonyl (C=O) groups is 1. The first kappa shape index (κ1) is 22.4. The Labute approximate surface area is 192 Å². The molecule has 8 heteroatoms. The summed E-state index contributed by atoms with van der Waals surface area (Å²) in [5.41, 5.74) is 4.94. The molecule has 3 aromatic rings. The van der Waals surface area contributed by atoms with Crippen LogP contribution in [-0.4, -0.2) is 49.2 Å². The van der Waals surface area contributed by atoms with Crippen LogP contribution in [0.4, 0.5) is 0 Å². The van der Waals surface area contributed by atoms with Crippen LogP contribution in [0.1, 0.15) is 61.8 Å². The van der Waals surface area contributed by atoms with Crippen molar-refractivity contribution in [2.24, 2.45) is 4.99 Å². The summed E-state index contributed by atoms with van der Waals surface area (Å²) >= 11 is 0. The van der Waals surface area contributed by atoms with E-state index < -0.39 is 6.23 Å². The highest BCUT2D eigenvalue weighted by Crippen LogP contribution is 2.22. The second kappa shape index (κ2) is 9.35. The van der Waals surface area contributed by atoms with Crippen LogP contribution >= 0.6 is 0 Å². The molecule has 0 aromatic carbocycles. The summed E-state index contributed by atoms with van der Waals surface area (Å²) in [6, 6.07) is 5.38. The van der Waals surface area contributed by atoms with Crippen LogP contribution in [0.25, 0.3) is 11.0 Å². The number of amides is 1. The fraction of sp³-hybridized carbons (Fsp3) is 0.320. The third-order valence-corrected chi connectivity index (χ3v) is 5.48. The average Bonchev–Trinajstić information content (AvgIpc) is 3.21. The van der Waals surface area contributed by atoms with Gasteiger partial charge < -0.3 is 10.4 Å². The zero-order valence-electron chi connectivity index (χ0n) is 19.1. The summed E-state index contributed by atoms with van der Waals surface area (Å²) in [7, 11) is 0. The van der Waals surface area contributed by atoms with E-state index in [9.17, 15) is 9.90 Å². The van der Waals surface area contributed by atoms with E-state index in [1.54, 1.807) is 29.3 Å². The van der Waals surface area contributed by atoms with E-state index in [1.165, 1.54) is 0 Å². The maximum Gasteiger partial charge on any atom is 0.252 e. The van der Waals surface area contributed by atoms with E-state index in [0.29, 0.717) is 28.7 Å². The van der Waals surface area contributed by atoms with Crippen LogP contribution in [-0.2, 0) is 0 Å². The summed E-state index contributed by atoms with van der Waals surface area (Å²) in [6.07, 6.45) is 4.77. The Hall–Kier alpha value is -3.83. The molecule has 2 N–H and O–H groups in total. The third-order valence-electron chi connectivity index (χ3n) is 5.48. The molecule has 3 aromatic heterocycles. The highest BCUT2D eigenvalue weighted by atomic mass is 16.3. The van der Waals surface area contributed by atoms with Crippen LogP contribution < -0.4 is 5.32 Å². The quantitative estimate of drug-likeness (QED) is 0.477. The first-order valence-electron chi connectivity index (χ1n) is 10.8. The first-order valence-corrected chi connectivity index (χ1v) is 10.8. The van der Waals surface area contributed by atoms with Gasteiger partial charge in [0.1, 0.15) is 5.69 Å². The number of aliphatic hydroxyl groups is 1. The highest BCUT2D eigenvalue weighted by molar-refractivity contribution is 6.05. The SMILES string of the molecule is CC1=NC(O)C(CNC(=O)c2cc(C#Cc3ccncc3)nc3c2cnn3C(C)C)=C(C)C1. The Balaban J connectivity index is 1.68. The molecule has 1 aliphatic heterocycles. The highest BCUT2D eigenvalue weighted by Gasteiger charge is 2.21. The van der Waals surface area contributed by atoms with Crippen molar-refractivity contribution >= 4 is 22.7 Å². The molecule has 168 valence electrons. The minimum absolute atomic E-state index is 0.0700. The molecule has 4 rings (SSSR count). The molecule has 8 nitrogen and oxygen atoms in total. The number of aliphatic hydroxyl groups excluding tert-OH is 1. The van der Waals surface area contributed by atoms with Crippen molar-refractivity contribution in [3.63, 3.8) is 0 Å². The van der Waals surface area contributed by atoms with Gasteiger partial charge >= 0.3 is 0 Å². The van der Waals surface area contributed by atoms with Crippen LogP contribution in [0.15, 0.2) is 52.9 Å². The van der Waals surface area contributed by atoms with Crippen molar-refractivity contribution in [3.8, 4) is 11.8 Å². The van der Waals surface area contributed by atoms with Crippen LogP contribution in [0, 0.1) is 11.8 Å². The van der Waals surface area contributed by atoms with Crippen molar-refractivity contribution in [2.75, 3.05) is 6.54 Å². The molecule has 4 heterocycles. The predicted octanol–water partition coefficient (Wildman–Crippen LogP) is 3.04. The van der Waals surface area contributed by atoms with Gasteiger partial charge in [0.2, 0.25) is 0 Å². The number of fused-ring (bicyclic) bond motifs is 1. The van der Waals surface area contributed by atoms with E-state index in [0.717, 1.165) is 22.4 Å².